The Hall–Kier alpha value is -1.13. The second-order valence-electron chi connectivity index (χ2n) is 13.6. The average Bonchev–Trinajstić information content (AvgIpc) is 3.09. The molecule has 0 spiro atoms. The smallest absolute Gasteiger partial charge is 0.333 e. The van der Waals surface area contributed by atoms with Crippen LogP contribution in [0.1, 0.15) is 99.3 Å². The number of fused-ring (bicyclic) bond motifs is 4. The predicted molar refractivity (Wildman–Crippen MR) is 134 cm³/mol. The molecule has 2 N–H and O–H groups in total. The van der Waals surface area contributed by atoms with Crippen molar-refractivity contribution in [2.75, 3.05) is 6.61 Å². The van der Waals surface area contributed by atoms with Crippen LogP contribution in [0, 0.1) is 39.4 Å². The van der Waals surface area contributed by atoms with Gasteiger partial charge in [0.25, 0.3) is 0 Å². The van der Waals surface area contributed by atoms with Crippen LogP contribution in [-0.4, -0.2) is 35.0 Å². The standard InChI is InChI=1S/C30H46O4/c1-18-7-9-23(34-26(18)33)19(2)20-11-14-29(6)21-8-10-24-27(3,4)25(32)13-16-30(24,17-31)22(21)12-15-28(20,29)5/h7,19-20,23-25,31-32H,8-17H2,1-6H3. The Bertz CT molecular complexity index is 930. The van der Waals surface area contributed by atoms with Gasteiger partial charge in [-0.25, -0.2) is 4.79 Å². The van der Waals surface area contributed by atoms with Crippen molar-refractivity contribution in [3.05, 3.63) is 22.8 Å². The fourth-order valence-electron chi connectivity index (χ4n) is 9.81. The third-order valence-electron chi connectivity index (χ3n) is 12.3. The molecule has 8 atom stereocenters. The normalized spacial score (nSPS) is 46.7. The molecule has 0 aromatic heterocycles. The first-order chi connectivity index (χ1) is 15.9. The molecule has 5 rings (SSSR count). The highest BCUT2D eigenvalue weighted by Gasteiger charge is 2.64. The van der Waals surface area contributed by atoms with Gasteiger partial charge in [-0.2, -0.15) is 0 Å². The summed E-state index contributed by atoms with van der Waals surface area (Å²) in [7, 11) is 0. The molecule has 190 valence electrons. The average molecular weight is 471 g/mol. The minimum absolute atomic E-state index is 0.0177. The molecule has 34 heavy (non-hydrogen) atoms. The Morgan fingerprint density at radius 3 is 2.47 bits per heavy atom. The molecule has 1 heterocycles. The Balaban J connectivity index is 1.50. The highest BCUT2D eigenvalue weighted by molar-refractivity contribution is 5.88. The van der Waals surface area contributed by atoms with E-state index >= 15 is 0 Å². The number of cyclic esters (lactones) is 1. The van der Waals surface area contributed by atoms with Gasteiger partial charge in [0, 0.05) is 17.4 Å². The highest BCUT2D eigenvalue weighted by Crippen LogP contribution is 2.72. The van der Waals surface area contributed by atoms with Crippen molar-refractivity contribution < 1.29 is 19.7 Å². The van der Waals surface area contributed by atoms with Crippen molar-refractivity contribution in [3.63, 3.8) is 0 Å². The molecule has 0 aromatic rings. The molecule has 1 aliphatic heterocycles. The van der Waals surface area contributed by atoms with E-state index in [0.717, 1.165) is 50.5 Å². The molecule has 2 fully saturated rings. The van der Waals surface area contributed by atoms with Crippen LogP contribution >= 0.6 is 0 Å². The summed E-state index contributed by atoms with van der Waals surface area (Å²) in [6, 6.07) is 0. The monoisotopic (exact) mass is 470 g/mol. The number of aliphatic hydroxyl groups is 2. The lowest BCUT2D eigenvalue weighted by Gasteiger charge is -2.62. The zero-order valence-electron chi connectivity index (χ0n) is 22.2. The lowest BCUT2D eigenvalue weighted by molar-refractivity contribution is -0.151. The first kappa shape index (κ1) is 24.6. The van der Waals surface area contributed by atoms with E-state index in [1.54, 1.807) is 11.1 Å². The number of rotatable bonds is 3. The van der Waals surface area contributed by atoms with Crippen LogP contribution in [0.15, 0.2) is 22.8 Å². The summed E-state index contributed by atoms with van der Waals surface area (Å²) < 4.78 is 5.90. The van der Waals surface area contributed by atoms with E-state index in [1.807, 2.05) is 6.92 Å². The van der Waals surface area contributed by atoms with Crippen molar-refractivity contribution in [1.29, 1.82) is 0 Å². The van der Waals surface area contributed by atoms with Gasteiger partial charge in [0.15, 0.2) is 0 Å². The van der Waals surface area contributed by atoms with Crippen molar-refractivity contribution in [1.82, 2.24) is 0 Å². The van der Waals surface area contributed by atoms with E-state index in [0.29, 0.717) is 17.8 Å². The van der Waals surface area contributed by atoms with Crippen LogP contribution in [0.5, 0.6) is 0 Å². The summed E-state index contributed by atoms with van der Waals surface area (Å²) in [5, 5.41) is 21.8. The molecule has 2 saturated carbocycles. The van der Waals surface area contributed by atoms with E-state index in [4.69, 9.17) is 4.74 Å². The molecule has 8 unspecified atom stereocenters. The molecule has 5 aliphatic rings. The largest absolute Gasteiger partial charge is 0.458 e. The third-order valence-corrected chi connectivity index (χ3v) is 12.3. The molecule has 0 bridgehead atoms. The number of aliphatic hydroxyl groups excluding tert-OH is 2. The van der Waals surface area contributed by atoms with E-state index in [1.165, 1.54) is 12.8 Å². The molecule has 0 amide bonds. The Kier molecular flexibility index (Phi) is 5.73. The number of allylic oxidation sites excluding steroid dienone is 1. The summed E-state index contributed by atoms with van der Waals surface area (Å²) >= 11 is 0. The van der Waals surface area contributed by atoms with Gasteiger partial charge in [-0.05, 0) is 92.3 Å². The second-order valence-corrected chi connectivity index (χ2v) is 13.6. The summed E-state index contributed by atoms with van der Waals surface area (Å²) in [4.78, 5) is 12.3. The van der Waals surface area contributed by atoms with Crippen LogP contribution in [0.4, 0.5) is 0 Å². The van der Waals surface area contributed by atoms with Gasteiger partial charge >= 0.3 is 5.97 Å². The van der Waals surface area contributed by atoms with Gasteiger partial charge in [0.05, 0.1) is 12.7 Å². The van der Waals surface area contributed by atoms with Crippen molar-refractivity contribution in [2.24, 2.45) is 39.4 Å². The highest BCUT2D eigenvalue weighted by atomic mass is 16.5. The quantitative estimate of drug-likeness (QED) is 0.394. The van der Waals surface area contributed by atoms with E-state index < -0.39 is 0 Å². The SMILES string of the molecule is CC1=CCC(C(C)C2CCC3(C)C4=C(CCC23C)C2(CO)CCC(O)C(C)(C)C2CC4)OC1=O. The fraction of sp³-hybridized carbons (Fsp3) is 0.833. The van der Waals surface area contributed by atoms with Crippen molar-refractivity contribution in [3.8, 4) is 0 Å². The zero-order valence-corrected chi connectivity index (χ0v) is 22.2. The molecule has 0 saturated heterocycles. The van der Waals surface area contributed by atoms with Gasteiger partial charge in [0.2, 0.25) is 0 Å². The van der Waals surface area contributed by atoms with Crippen LogP contribution in [-0.2, 0) is 9.53 Å². The maximum atomic E-state index is 12.3. The number of carbonyl (C=O) groups excluding carboxylic acids is 1. The first-order valence-electron chi connectivity index (χ1n) is 13.8. The summed E-state index contributed by atoms with van der Waals surface area (Å²) in [5.74, 6) is 1.07. The maximum absolute atomic E-state index is 12.3. The lowest BCUT2D eigenvalue weighted by atomic mass is 9.43. The van der Waals surface area contributed by atoms with E-state index in [9.17, 15) is 15.0 Å². The van der Waals surface area contributed by atoms with Crippen molar-refractivity contribution in [2.45, 2.75) is 112 Å². The molecule has 0 aromatic carbocycles. The maximum Gasteiger partial charge on any atom is 0.333 e. The van der Waals surface area contributed by atoms with Gasteiger partial charge in [-0.3, -0.25) is 0 Å². The van der Waals surface area contributed by atoms with Crippen LogP contribution < -0.4 is 0 Å². The van der Waals surface area contributed by atoms with Crippen LogP contribution in [0.3, 0.4) is 0 Å². The molecule has 4 aliphatic carbocycles. The minimum Gasteiger partial charge on any atom is -0.458 e. The summed E-state index contributed by atoms with van der Waals surface area (Å²) in [6.45, 7) is 13.9. The van der Waals surface area contributed by atoms with Crippen LogP contribution in [0.2, 0.25) is 0 Å². The van der Waals surface area contributed by atoms with Gasteiger partial charge in [-0.15, -0.1) is 0 Å². The predicted octanol–water partition coefficient (Wildman–Crippen LogP) is 5.97. The van der Waals surface area contributed by atoms with Crippen LogP contribution in [0.25, 0.3) is 0 Å². The second kappa shape index (κ2) is 7.93. The topological polar surface area (TPSA) is 66.8 Å². The number of ether oxygens (including phenoxy) is 1. The van der Waals surface area contributed by atoms with Gasteiger partial charge in [-0.1, -0.05) is 51.8 Å². The summed E-state index contributed by atoms with van der Waals surface area (Å²) in [6.07, 6.45) is 11.0. The number of hydrogen-bond acceptors (Lipinski definition) is 4. The zero-order chi connectivity index (χ0) is 24.7. The Labute approximate surface area is 206 Å². The van der Waals surface area contributed by atoms with Crippen molar-refractivity contribution >= 4 is 5.97 Å². The molecule has 4 nitrogen and oxygen atoms in total. The van der Waals surface area contributed by atoms with E-state index in [-0.39, 0.29) is 46.4 Å². The van der Waals surface area contributed by atoms with Gasteiger partial charge < -0.3 is 14.9 Å². The minimum atomic E-state index is -0.281. The number of esters is 1. The third kappa shape index (κ3) is 3.06. The fourth-order valence-corrected chi connectivity index (χ4v) is 9.81. The molecule has 0 radical (unpaired) electrons. The van der Waals surface area contributed by atoms with Gasteiger partial charge in [0.1, 0.15) is 6.10 Å². The van der Waals surface area contributed by atoms with E-state index in [2.05, 4.69) is 40.7 Å². The number of carbonyl (C=O) groups is 1. The number of hydrogen-bond donors (Lipinski definition) is 2. The molecular weight excluding hydrogens is 424 g/mol. The lowest BCUT2D eigenvalue weighted by Crippen LogP contribution is -2.57. The molecular formula is C30H46O4. The Morgan fingerprint density at radius 1 is 1.06 bits per heavy atom. The Morgan fingerprint density at radius 2 is 1.79 bits per heavy atom. The summed E-state index contributed by atoms with van der Waals surface area (Å²) in [5.41, 5.74) is 3.94. The molecule has 4 heteroatoms. The first-order valence-corrected chi connectivity index (χ1v) is 13.8.